The third kappa shape index (κ3) is 6.70. The molecule has 0 aliphatic carbocycles. The predicted octanol–water partition coefficient (Wildman–Crippen LogP) is 10.6. The Balaban J connectivity index is 1.25. The predicted molar refractivity (Wildman–Crippen MR) is 216 cm³/mol. The van der Waals surface area contributed by atoms with Crippen LogP contribution in [-0.2, 0) is 33.5 Å². The van der Waals surface area contributed by atoms with Gasteiger partial charge in [-0.25, -0.2) is 9.98 Å². The van der Waals surface area contributed by atoms with Gasteiger partial charge in [0.1, 0.15) is 12.1 Å². The molecule has 8 rings (SSSR count). The molecule has 2 aliphatic rings. The third-order valence-corrected chi connectivity index (χ3v) is 10.7. The smallest absolute Gasteiger partial charge is 0.194 e. The Labute approximate surface area is 313 Å². The van der Waals surface area contributed by atoms with Gasteiger partial charge in [-0.2, -0.15) is 0 Å². The first-order chi connectivity index (χ1) is 25.8. The van der Waals surface area contributed by atoms with Crippen LogP contribution in [0.1, 0.15) is 62.1 Å². The van der Waals surface area contributed by atoms with E-state index in [1.165, 1.54) is 33.4 Å². The minimum Gasteiger partial charge on any atom is -0.462 e. The van der Waals surface area contributed by atoms with E-state index in [0.717, 1.165) is 22.3 Å². The molecule has 0 aromatic heterocycles. The monoisotopic (exact) mass is 694 g/mol. The molecule has 0 amide bonds. The summed E-state index contributed by atoms with van der Waals surface area (Å²) in [4.78, 5) is 11.0. The molecule has 0 spiro atoms. The van der Waals surface area contributed by atoms with E-state index >= 15 is 0 Å². The first kappa shape index (κ1) is 34.4. The van der Waals surface area contributed by atoms with Gasteiger partial charge in [0, 0.05) is 22.3 Å². The van der Waals surface area contributed by atoms with E-state index in [4.69, 9.17) is 19.5 Å². The average Bonchev–Trinajstić information content (AvgIpc) is 3.71. The van der Waals surface area contributed by atoms with E-state index in [2.05, 4.69) is 185 Å². The van der Waals surface area contributed by atoms with Gasteiger partial charge in [-0.1, -0.05) is 180 Å². The Bertz CT molecular complexity index is 2040. The van der Waals surface area contributed by atoms with E-state index in [1.807, 2.05) is 0 Å². The van der Waals surface area contributed by atoms with E-state index in [0.29, 0.717) is 31.1 Å². The second kappa shape index (κ2) is 14.4. The summed E-state index contributed by atoms with van der Waals surface area (Å²) >= 11 is 0. The number of benzene rings is 6. The molecule has 2 heterocycles. The van der Waals surface area contributed by atoms with E-state index in [9.17, 15) is 0 Å². The highest BCUT2D eigenvalue weighted by molar-refractivity contribution is 5.99. The quantitative estimate of drug-likeness (QED) is 0.143. The summed E-state index contributed by atoms with van der Waals surface area (Å²) in [5.74, 6) is 1.27. The van der Waals surface area contributed by atoms with Gasteiger partial charge in [-0.15, -0.1) is 0 Å². The summed E-state index contributed by atoms with van der Waals surface area (Å²) in [5, 5.41) is 0. The lowest BCUT2D eigenvalue weighted by Crippen LogP contribution is -2.41. The van der Waals surface area contributed by atoms with E-state index in [1.54, 1.807) is 0 Å². The number of hydrogen-bond acceptors (Lipinski definition) is 4. The SMILES string of the molecule is Cc1cccc(C2(c3cccc(C)c3)OC(CC3=N[C@H](Cc4ccccc4)C(c4cccc(C)c4)(c4cccc(C)c4)O3)=N[C@@H]2Cc2ccccc2)c1. The normalized spacial score (nSPS) is 18.5. The maximum absolute atomic E-state index is 7.34. The van der Waals surface area contributed by atoms with Crippen LogP contribution in [0.15, 0.2) is 168 Å². The molecule has 4 heteroatoms. The van der Waals surface area contributed by atoms with Crippen molar-refractivity contribution in [3.63, 3.8) is 0 Å². The van der Waals surface area contributed by atoms with E-state index in [-0.39, 0.29) is 12.1 Å². The van der Waals surface area contributed by atoms with Crippen LogP contribution in [0.3, 0.4) is 0 Å². The zero-order valence-electron chi connectivity index (χ0n) is 31.0. The number of aliphatic imine (C=N–C) groups is 2. The zero-order valence-corrected chi connectivity index (χ0v) is 31.0. The van der Waals surface area contributed by atoms with Crippen LogP contribution >= 0.6 is 0 Å². The van der Waals surface area contributed by atoms with Crippen LogP contribution in [0.4, 0.5) is 0 Å². The summed E-state index contributed by atoms with van der Waals surface area (Å²) in [6, 6.07) is 55.6. The molecule has 2 aliphatic heterocycles. The lowest BCUT2D eigenvalue weighted by Gasteiger charge is -2.36. The van der Waals surface area contributed by atoms with Crippen LogP contribution in [0.5, 0.6) is 0 Å². The van der Waals surface area contributed by atoms with Gasteiger partial charge in [0.2, 0.25) is 0 Å². The van der Waals surface area contributed by atoms with Crippen molar-refractivity contribution in [3.05, 3.63) is 213 Å². The molecule has 0 unspecified atom stereocenters. The highest BCUT2D eigenvalue weighted by Crippen LogP contribution is 2.48. The third-order valence-electron chi connectivity index (χ3n) is 10.7. The van der Waals surface area contributed by atoms with Gasteiger partial charge in [-0.3, -0.25) is 0 Å². The topological polar surface area (TPSA) is 43.2 Å². The summed E-state index contributed by atoms with van der Waals surface area (Å²) in [6.07, 6.45) is 1.77. The van der Waals surface area contributed by atoms with Crippen LogP contribution in [0.2, 0.25) is 0 Å². The number of nitrogens with zero attached hydrogens (tertiary/aromatic N) is 2. The largest absolute Gasteiger partial charge is 0.462 e. The molecule has 53 heavy (non-hydrogen) atoms. The van der Waals surface area contributed by atoms with Crippen molar-refractivity contribution >= 4 is 11.8 Å². The Morgan fingerprint density at radius 2 is 0.736 bits per heavy atom. The lowest BCUT2D eigenvalue weighted by molar-refractivity contribution is 0.0871. The molecule has 264 valence electrons. The molecule has 0 radical (unpaired) electrons. The van der Waals surface area contributed by atoms with Crippen molar-refractivity contribution in [1.29, 1.82) is 0 Å². The molecular weight excluding hydrogens is 649 g/mol. The van der Waals surface area contributed by atoms with Gasteiger partial charge >= 0.3 is 0 Å². The number of aryl methyl sites for hydroxylation is 4. The van der Waals surface area contributed by atoms with Crippen molar-refractivity contribution in [2.24, 2.45) is 9.98 Å². The van der Waals surface area contributed by atoms with Crippen LogP contribution < -0.4 is 0 Å². The minimum absolute atomic E-state index is 0.219. The van der Waals surface area contributed by atoms with E-state index < -0.39 is 11.2 Å². The minimum atomic E-state index is -0.837. The van der Waals surface area contributed by atoms with Gasteiger partial charge in [0.15, 0.2) is 23.0 Å². The van der Waals surface area contributed by atoms with Gasteiger partial charge < -0.3 is 9.47 Å². The first-order valence-corrected chi connectivity index (χ1v) is 18.7. The standard InChI is InChI=1S/C49H46N2O2/c1-34-15-11-23-40(27-34)48(41-24-12-16-35(2)28-41)44(31-38-19-7-5-8-20-38)50-46(52-48)33-47-51-45(32-39-21-9-6-10-22-39)49(53-47,42-25-13-17-36(3)29-42)43-26-14-18-37(4)30-43/h5-30,44-45H,31-33H2,1-4H3/t44-,45-/m1/s1. The molecular formula is C49H46N2O2. The molecule has 2 atom stereocenters. The summed E-state index contributed by atoms with van der Waals surface area (Å²) < 4.78 is 14.7. The molecule has 0 saturated carbocycles. The highest BCUT2D eigenvalue weighted by Gasteiger charge is 2.53. The number of hydrogen-bond donors (Lipinski definition) is 0. The fraction of sp³-hybridized carbons (Fsp3) is 0.224. The van der Waals surface area contributed by atoms with Crippen LogP contribution in [0, 0.1) is 27.7 Å². The Morgan fingerprint density at radius 3 is 1.04 bits per heavy atom. The molecule has 0 bridgehead atoms. The maximum Gasteiger partial charge on any atom is 0.194 e. The molecule has 4 nitrogen and oxygen atoms in total. The van der Waals surface area contributed by atoms with Crippen molar-refractivity contribution in [1.82, 2.24) is 0 Å². The Morgan fingerprint density at radius 1 is 0.415 bits per heavy atom. The summed E-state index contributed by atoms with van der Waals surface area (Å²) in [7, 11) is 0. The van der Waals surface area contributed by atoms with Gasteiger partial charge in [0.05, 0.1) is 6.42 Å². The zero-order chi connectivity index (χ0) is 36.4. The van der Waals surface area contributed by atoms with Crippen LogP contribution in [0.25, 0.3) is 0 Å². The second-order valence-electron chi connectivity index (χ2n) is 14.8. The summed E-state index contributed by atoms with van der Waals surface area (Å²) in [6.45, 7) is 8.56. The summed E-state index contributed by atoms with van der Waals surface area (Å²) in [5.41, 5.74) is 9.83. The molecule has 6 aromatic rings. The highest BCUT2D eigenvalue weighted by atomic mass is 16.5. The average molecular weight is 695 g/mol. The van der Waals surface area contributed by atoms with Crippen molar-refractivity contribution in [2.45, 2.75) is 70.2 Å². The Hall–Kier alpha value is -5.74. The number of ether oxygens (including phenoxy) is 2. The van der Waals surface area contributed by atoms with Gasteiger partial charge in [0.25, 0.3) is 0 Å². The fourth-order valence-corrected chi connectivity index (χ4v) is 8.28. The van der Waals surface area contributed by atoms with Crippen molar-refractivity contribution in [3.8, 4) is 0 Å². The van der Waals surface area contributed by atoms with Crippen molar-refractivity contribution in [2.75, 3.05) is 0 Å². The first-order valence-electron chi connectivity index (χ1n) is 18.7. The Kier molecular flexibility index (Phi) is 9.30. The molecule has 0 fully saturated rings. The number of rotatable bonds is 10. The van der Waals surface area contributed by atoms with Gasteiger partial charge in [-0.05, 0) is 51.7 Å². The van der Waals surface area contributed by atoms with Crippen LogP contribution in [-0.4, -0.2) is 23.9 Å². The second-order valence-corrected chi connectivity index (χ2v) is 14.8. The molecule has 0 saturated heterocycles. The maximum atomic E-state index is 7.34. The molecule has 6 aromatic carbocycles. The fourth-order valence-electron chi connectivity index (χ4n) is 8.28. The lowest BCUT2D eigenvalue weighted by atomic mass is 9.77. The molecule has 0 N–H and O–H groups in total. The van der Waals surface area contributed by atoms with Crippen molar-refractivity contribution < 1.29 is 9.47 Å².